The Morgan fingerprint density at radius 3 is 2.76 bits per heavy atom. The molecule has 1 saturated heterocycles. The summed E-state index contributed by atoms with van der Waals surface area (Å²) in [5.74, 6) is 0.811. The predicted octanol–water partition coefficient (Wildman–Crippen LogP) is 3.79. The second kappa shape index (κ2) is 9.95. The monoisotopic (exact) mass is 458 g/mol. The Morgan fingerprint density at radius 2 is 2.06 bits per heavy atom. The lowest BCUT2D eigenvalue weighted by molar-refractivity contribution is -0.384. The van der Waals surface area contributed by atoms with Crippen molar-refractivity contribution >= 4 is 23.1 Å². The summed E-state index contributed by atoms with van der Waals surface area (Å²) in [6, 6.07) is 17.0. The van der Waals surface area contributed by atoms with Gasteiger partial charge in [-0.05, 0) is 43.2 Å². The second-order valence-corrected chi connectivity index (χ2v) is 7.85. The zero-order chi connectivity index (χ0) is 24.1. The van der Waals surface area contributed by atoms with Gasteiger partial charge in [0.05, 0.1) is 34.9 Å². The number of nitrogens with one attached hydrogen (secondary N) is 1. The van der Waals surface area contributed by atoms with E-state index >= 15 is 0 Å². The molecule has 1 N–H and O–H groups in total. The van der Waals surface area contributed by atoms with Crippen LogP contribution in [0.25, 0.3) is 11.3 Å². The molecule has 10 nitrogen and oxygen atoms in total. The van der Waals surface area contributed by atoms with Crippen LogP contribution in [0.4, 0.5) is 17.2 Å². The van der Waals surface area contributed by atoms with Crippen LogP contribution in [0.1, 0.15) is 18.4 Å². The molecule has 2 heterocycles. The zero-order valence-electron chi connectivity index (χ0n) is 18.5. The van der Waals surface area contributed by atoms with Gasteiger partial charge in [0.25, 0.3) is 5.69 Å². The number of hydrogen-bond donors (Lipinski definition) is 1. The van der Waals surface area contributed by atoms with E-state index < -0.39 is 4.92 Å². The second-order valence-electron chi connectivity index (χ2n) is 7.85. The van der Waals surface area contributed by atoms with Gasteiger partial charge < -0.3 is 15.0 Å². The Bertz CT molecular complexity index is 1260. The average molecular weight is 458 g/mol. The summed E-state index contributed by atoms with van der Waals surface area (Å²) in [6.45, 7) is 1.19. The van der Waals surface area contributed by atoms with E-state index in [1.165, 1.54) is 12.1 Å². The van der Waals surface area contributed by atoms with Crippen LogP contribution in [0.3, 0.4) is 0 Å². The maximum atomic E-state index is 12.9. The maximum Gasteiger partial charge on any atom is 0.270 e. The Kier molecular flexibility index (Phi) is 6.64. The molecule has 0 radical (unpaired) electrons. The first-order chi connectivity index (χ1) is 16.5. The van der Waals surface area contributed by atoms with E-state index in [-0.39, 0.29) is 28.8 Å². The summed E-state index contributed by atoms with van der Waals surface area (Å²) in [6.07, 6.45) is 1.48. The van der Waals surface area contributed by atoms with Crippen LogP contribution < -0.4 is 15.0 Å². The van der Waals surface area contributed by atoms with Crippen LogP contribution >= 0.6 is 0 Å². The van der Waals surface area contributed by atoms with E-state index in [1.807, 2.05) is 47.4 Å². The molecule has 1 fully saturated rings. The minimum Gasteiger partial charge on any atom is -0.496 e. The number of carbonyl (C=O) groups excluding carboxylic acids is 1. The normalized spacial score (nSPS) is 15.3. The highest BCUT2D eigenvalue weighted by atomic mass is 16.6. The fourth-order valence-corrected chi connectivity index (χ4v) is 3.98. The van der Waals surface area contributed by atoms with Gasteiger partial charge in [0.2, 0.25) is 5.91 Å². The molecule has 1 amide bonds. The molecular weight excluding hydrogens is 436 g/mol. The number of nitro groups is 1. The first kappa shape index (κ1) is 22.7. The first-order valence-electron chi connectivity index (χ1n) is 10.7. The molecule has 1 aliphatic heterocycles. The standard InChI is InChI=1S/C24H22N6O4/c1-34-22-7-3-2-6-19(22)21-10-11-23(28-27-21)29-12-4-5-16(15-29)24(31)26-20-9-8-18(30(32)33)13-17(20)14-25/h2-3,6-11,13,16H,4-5,12,15H2,1H3,(H,26,31). The van der Waals surface area contributed by atoms with Crippen molar-refractivity contribution in [2.75, 3.05) is 30.4 Å². The molecule has 3 aromatic rings. The fourth-order valence-electron chi connectivity index (χ4n) is 3.98. The van der Waals surface area contributed by atoms with Crippen molar-refractivity contribution < 1.29 is 14.5 Å². The number of para-hydroxylation sites is 1. The lowest BCUT2D eigenvalue weighted by Gasteiger charge is -2.32. The van der Waals surface area contributed by atoms with E-state index in [0.717, 1.165) is 24.6 Å². The van der Waals surface area contributed by atoms with Crippen molar-refractivity contribution in [3.05, 3.63) is 70.3 Å². The number of carbonyl (C=O) groups is 1. The number of methoxy groups -OCH3 is 1. The molecule has 4 rings (SSSR count). The Morgan fingerprint density at radius 1 is 1.24 bits per heavy atom. The van der Waals surface area contributed by atoms with E-state index in [9.17, 15) is 20.2 Å². The Hall–Kier alpha value is -4.52. The largest absolute Gasteiger partial charge is 0.496 e. The van der Waals surface area contributed by atoms with Gasteiger partial charge in [0, 0.05) is 30.8 Å². The summed E-state index contributed by atoms with van der Waals surface area (Å²) in [5, 5.41) is 31.7. The summed E-state index contributed by atoms with van der Waals surface area (Å²) in [7, 11) is 1.61. The molecule has 1 atom stereocenters. The van der Waals surface area contributed by atoms with Gasteiger partial charge in [-0.2, -0.15) is 5.26 Å². The number of non-ortho nitro benzene ring substituents is 1. The van der Waals surface area contributed by atoms with Gasteiger partial charge >= 0.3 is 0 Å². The molecule has 1 aromatic heterocycles. The summed E-state index contributed by atoms with van der Waals surface area (Å²) in [5.41, 5.74) is 1.64. The van der Waals surface area contributed by atoms with Gasteiger partial charge in [-0.15, -0.1) is 10.2 Å². The van der Waals surface area contributed by atoms with Gasteiger partial charge in [-0.25, -0.2) is 0 Å². The number of benzene rings is 2. The first-order valence-corrected chi connectivity index (χ1v) is 10.7. The zero-order valence-corrected chi connectivity index (χ0v) is 18.5. The predicted molar refractivity (Wildman–Crippen MR) is 125 cm³/mol. The molecule has 0 spiro atoms. The molecule has 1 aliphatic rings. The summed E-state index contributed by atoms with van der Waals surface area (Å²) < 4.78 is 5.39. The highest BCUT2D eigenvalue weighted by molar-refractivity contribution is 5.94. The number of ether oxygens (including phenoxy) is 1. The lowest BCUT2D eigenvalue weighted by Crippen LogP contribution is -2.41. The highest BCUT2D eigenvalue weighted by Crippen LogP contribution is 2.29. The van der Waals surface area contributed by atoms with Gasteiger partial charge in [-0.1, -0.05) is 12.1 Å². The molecule has 2 aromatic carbocycles. The number of amides is 1. The van der Waals surface area contributed by atoms with Crippen LogP contribution in [-0.2, 0) is 4.79 Å². The average Bonchev–Trinajstić information content (AvgIpc) is 2.89. The highest BCUT2D eigenvalue weighted by Gasteiger charge is 2.27. The number of aromatic nitrogens is 2. The molecule has 0 saturated carbocycles. The van der Waals surface area contributed by atoms with Crippen LogP contribution in [0.15, 0.2) is 54.6 Å². The molecule has 0 bridgehead atoms. The summed E-state index contributed by atoms with van der Waals surface area (Å²) in [4.78, 5) is 25.3. The van der Waals surface area contributed by atoms with Gasteiger partial charge in [0.1, 0.15) is 11.8 Å². The number of nitriles is 1. The fraction of sp³-hybridized carbons (Fsp3) is 0.250. The molecule has 10 heteroatoms. The van der Waals surface area contributed by atoms with Crippen LogP contribution in [0.2, 0.25) is 0 Å². The van der Waals surface area contributed by atoms with E-state index in [2.05, 4.69) is 15.5 Å². The number of rotatable bonds is 6. The minimum absolute atomic E-state index is 0.0491. The van der Waals surface area contributed by atoms with Gasteiger partial charge in [0.15, 0.2) is 5.82 Å². The number of nitrogens with zero attached hydrogens (tertiary/aromatic N) is 5. The van der Waals surface area contributed by atoms with E-state index in [1.54, 1.807) is 7.11 Å². The van der Waals surface area contributed by atoms with Crippen LogP contribution in [0, 0.1) is 27.4 Å². The topological polar surface area (TPSA) is 134 Å². The Labute approximate surface area is 195 Å². The smallest absolute Gasteiger partial charge is 0.270 e. The van der Waals surface area contributed by atoms with Crippen molar-refractivity contribution in [2.45, 2.75) is 12.8 Å². The molecule has 34 heavy (non-hydrogen) atoms. The molecule has 1 unspecified atom stereocenters. The van der Waals surface area contributed by atoms with Crippen molar-refractivity contribution in [1.82, 2.24) is 10.2 Å². The van der Waals surface area contributed by atoms with Crippen molar-refractivity contribution in [1.29, 1.82) is 5.26 Å². The quantitative estimate of drug-likeness (QED) is 0.435. The van der Waals surface area contributed by atoms with Gasteiger partial charge in [-0.3, -0.25) is 14.9 Å². The van der Waals surface area contributed by atoms with Crippen molar-refractivity contribution in [2.24, 2.45) is 5.92 Å². The SMILES string of the molecule is COc1ccccc1-c1ccc(N2CCCC(C(=O)Nc3ccc([N+](=O)[O-])cc3C#N)C2)nn1. The van der Waals surface area contributed by atoms with Crippen molar-refractivity contribution in [3.8, 4) is 23.1 Å². The minimum atomic E-state index is -0.578. The molecule has 172 valence electrons. The van der Waals surface area contributed by atoms with Crippen molar-refractivity contribution in [3.63, 3.8) is 0 Å². The summed E-state index contributed by atoms with van der Waals surface area (Å²) >= 11 is 0. The Balaban J connectivity index is 1.46. The maximum absolute atomic E-state index is 12.9. The number of hydrogen-bond acceptors (Lipinski definition) is 8. The van der Waals surface area contributed by atoms with Crippen LogP contribution in [-0.4, -0.2) is 41.2 Å². The lowest BCUT2D eigenvalue weighted by atomic mass is 9.96. The number of piperidine rings is 1. The third-order valence-electron chi connectivity index (χ3n) is 5.74. The van der Waals surface area contributed by atoms with E-state index in [0.29, 0.717) is 30.2 Å². The van der Waals surface area contributed by atoms with Crippen LogP contribution in [0.5, 0.6) is 5.75 Å². The molecule has 0 aliphatic carbocycles. The third-order valence-corrected chi connectivity index (χ3v) is 5.74. The van der Waals surface area contributed by atoms with E-state index in [4.69, 9.17) is 4.74 Å². The molecular formula is C24H22N6O4. The number of anilines is 2. The third kappa shape index (κ3) is 4.78. The number of nitro benzene ring substituents is 1.